The van der Waals surface area contributed by atoms with Crippen molar-refractivity contribution in [2.75, 3.05) is 18.8 Å². The number of rotatable bonds is 2. The first-order valence-electron chi connectivity index (χ1n) is 4.99. The minimum absolute atomic E-state index is 0.789. The van der Waals surface area contributed by atoms with Gasteiger partial charge in [-0.1, -0.05) is 6.07 Å². The van der Waals surface area contributed by atoms with E-state index in [0.29, 0.717) is 0 Å². The molecule has 1 aromatic rings. The van der Waals surface area contributed by atoms with Crippen LogP contribution in [0, 0.1) is 6.92 Å². The molecule has 15 heavy (non-hydrogen) atoms. The highest BCUT2D eigenvalue weighted by Gasteiger charge is 2.10. The van der Waals surface area contributed by atoms with Gasteiger partial charge < -0.3 is 11.1 Å². The largest absolute Gasteiger partial charge is 0.398 e. The van der Waals surface area contributed by atoms with Gasteiger partial charge in [0.05, 0.1) is 6.54 Å². The van der Waals surface area contributed by atoms with Gasteiger partial charge in [0.1, 0.15) is 5.84 Å². The third kappa shape index (κ3) is 2.15. The smallest absolute Gasteiger partial charge is 0.101 e. The van der Waals surface area contributed by atoms with Gasteiger partial charge in [-0.3, -0.25) is 4.99 Å². The molecule has 2 rings (SSSR count). The van der Waals surface area contributed by atoms with Crippen LogP contribution in [-0.4, -0.2) is 18.9 Å². The van der Waals surface area contributed by atoms with Crippen molar-refractivity contribution in [3.8, 4) is 0 Å². The Labute approximate surface area is 97.9 Å². The lowest BCUT2D eigenvalue weighted by atomic mass is 10.0. The van der Waals surface area contributed by atoms with Crippen LogP contribution in [0.25, 0.3) is 0 Å². The van der Waals surface area contributed by atoms with Gasteiger partial charge in [0.2, 0.25) is 0 Å². The van der Waals surface area contributed by atoms with Crippen molar-refractivity contribution in [2.24, 2.45) is 4.99 Å². The fraction of sp³-hybridized carbons (Fsp3) is 0.364. The van der Waals surface area contributed by atoms with Crippen molar-refractivity contribution in [3.05, 3.63) is 27.7 Å². The van der Waals surface area contributed by atoms with E-state index in [1.807, 2.05) is 6.07 Å². The Morgan fingerprint density at radius 2 is 2.33 bits per heavy atom. The van der Waals surface area contributed by atoms with Crippen LogP contribution in [0.1, 0.15) is 11.1 Å². The van der Waals surface area contributed by atoms with Crippen molar-refractivity contribution in [1.29, 1.82) is 0 Å². The number of anilines is 1. The molecule has 0 unspecified atom stereocenters. The van der Waals surface area contributed by atoms with Gasteiger partial charge in [-0.25, -0.2) is 0 Å². The molecular weight excluding hydrogens is 254 g/mol. The van der Waals surface area contributed by atoms with E-state index in [9.17, 15) is 0 Å². The molecule has 1 heterocycles. The molecule has 0 saturated carbocycles. The molecule has 1 aliphatic heterocycles. The van der Waals surface area contributed by atoms with Crippen LogP contribution in [0.5, 0.6) is 0 Å². The second-order valence-corrected chi connectivity index (χ2v) is 4.48. The summed E-state index contributed by atoms with van der Waals surface area (Å²) in [6.45, 7) is 3.93. The van der Waals surface area contributed by atoms with Crippen LogP contribution in [0.15, 0.2) is 21.6 Å². The number of hydrogen-bond donors (Lipinski definition) is 2. The molecule has 0 amide bonds. The van der Waals surface area contributed by atoms with Crippen LogP contribution in [0.3, 0.4) is 0 Å². The normalized spacial score (nSPS) is 14.9. The number of nitrogens with zero attached hydrogens (tertiary/aromatic N) is 1. The number of nitrogens with one attached hydrogen (secondary N) is 1. The zero-order chi connectivity index (χ0) is 10.8. The van der Waals surface area contributed by atoms with Crippen molar-refractivity contribution in [1.82, 2.24) is 5.32 Å². The number of halogens is 1. The van der Waals surface area contributed by atoms with Crippen molar-refractivity contribution in [3.63, 3.8) is 0 Å². The summed E-state index contributed by atoms with van der Waals surface area (Å²) in [5.74, 6) is 1.08. The fourth-order valence-corrected chi connectivity index (χ4v) is 2.07. The summed E-state index contributed by atoms with van der Waals surface area (Å²) in [5.41, 5.74) is 9.06. The maximum atomic E-state index is 5.80. The predicted octanol–water partition coefficient (Wildman–Crippen LogP) is 1.88. The van der Waals surface area contributed by atoms with E-state index in [1.54, 1.807) is 0 Å². The highest BCUT2D eigenvalue weighted by atomic mass is 79.9. The predicted molar refractivity (Wildman–Crippen MR) is 67.3 cm³/mol. The first kappa shape index (κ1) is 10.5. The summed E-state index contributed by atoms with van der Waals surface area (Å²) >= 11 is 3.49. The molecule has 0 spiro atoms. The van der Waals surface area contributed by atoms with Gasteiger partial charge >= 0.3 is 0 Å². The van der Waals surface area contributed by atoms with E-state index < -0.39 is 0 Å². The number of benzene rings is 1. The van der Waals surface area contributed by atoms with Gasteiger partial charge in [-0.15, -0.1) is 0 Å². The van der Waals surface area contributed by atoms with E-state index in [1.165, 1.54) is 11.1 Å². The molecule has 1 aliphatic rings. The summed E-state index contributed by atoms with van der Waals surface area (Å²) in [6.07, 6.45) is 0.866. The molecular formula is C11H14BrN3. The lowest BCUT2D eigenvalue weighted by Crippen LogP contribution is -2.21. The Morgan fingerprint density at radius 3 is 3.00 bits per heavy atom. The third-order valence-electron chi connectivity index (χ3n) is 2.63. The van der Waals surface area contributed by atoms with E-state index in [4.69, 9.17) is 5.73 Å². The summed E-state index contributed by atoms with van der Waals surface area (Å²) in [4.78, 5) is 4.38. The molecule has 0 radical (unpaired) electrons. The van der Waals surface area contributed by atoms with Crippen molar-refractivity contribution >= 4 is 27.5 Å². The van der Waals surface area contributed by atoms with E-state index in [2.05, 4.69) is 39.2 Å². The van der Waals surface area contributed by atoms with E-state index >= 15 is 0 Å². The molecule has 4 heteroatoms. The van der Waals surface area contributed by atoms with Crippen LogP contribution < -0.4 is 11.1 Å². The Morgan fingerprint density at radius 1 is 1.53 bits per heavy atom. The van der Waals surface area contributed by atoms with Crippen molar-refractivity contribution < 1.29 is 0 Å². The van der Waals surface area contributed by atoms with Gasteiger partial charge in [0, 0.05) is 23.1 Å². The van der Waals surface area contributed by atoms with Gasteiger partial charge in [0.15, 0.2) is 0 Å². The topological polar surface area (TPSA) is 50.4 Å². The molecule has 0 aromatic heterocycles. The number of amidine groups is 1. The van der Waals surface area contributed by atoms with Crippen LogP contribution in [-0.2, 0) is 6.42 Å². The van der Waals surface area contributed by atoms with E-state index in [-0.39, 0.29) is 0 Å². The average molecular weight is 268 g/mol. The van der Waals surface area contributed by atoms with Gasteiger partial charge in [0.25, 0.3) is 0 Å². The lowest BCUT2D eigenvalue weighted by molar-refractivity contribution is 0.952. The Bertz CT molecular complexity index is 413. The van der Waals surface area contributed by atoms with Crippen LogP contribution in [0.2, 0.25) is 0 Å². The SMILES string of the molecule is Cc1c(CC2=NCCN2)ccc(N)c1Br. The molecule has 1 aromatic carbocycles. The molecule has 3 N–H and O–H groups in total. The van der Waals surface area contributed by atoms with Gasteiger partial charge in [-0.05, 0) is 40.0 Å². The second-order valence-electron chi connectivity index (χ2n) is 3.68. The maximum absolute atomic E-state index is 5.80. The molecule has 0 bridgehead atoms. The number of nitrogens with two attached hydrogens (primary N) is 1. The highest BCUT2D eigenvalue weighted by molar-refractivity contribution is 9.10. The second kappa shape index (κ2) is 4.23. The Balaban J connectivity index is 2.25. The highest BCUT2D eigenvalue weighted by Crippen LogP contribution is 2.26. The quantitative estimate of drug-likeness (QED) is 0.805. The van der Waals surface area contributed by atoms with Gasteiger partial charge in [-0.2, -0.15) is 0 Å². The van der Waals surface area contributed by atoms with Crippen molar-refractivity contribution in [2.45, 2.75) is 13.3 Å². The first-order chi connectivity index (χ1) is 7.18. The maximum Gasteiger partial charge on any atom is 0.101 e. The summed E-state index contributed by atoms with van der Waals surface area (Å²) in [5, 5.41) is 3.27. The molecule has 0 aliphatic carbocycles. The summed E-state index contributed by atoms with van der Waals surface area (Å²) in [6, 6.07) is 4.00. The molecule has 0 atom stereocenters. The first-order valence-corrected chi connectivity index (χ1v) is 5.78. The molecule has 0 saturated heterocycles. The van der Waals surface area contributed by atoms with Crippen LogP contribution in [0.4, 0.5) is 5.69 Å². The molecule has 3 nitrogen and oxygen atoms in total. The zero-order valence-electron chi connectivity index (χ0n) is 8.68. The summed E-state index contributed by atoms with van der Waals surface area (Å²) in [7, 11) is 0. The zero-order valence-corrected chi connectivity index (χ0v) is 10.3. The summed E-state index contributed by atoms with van der Waals surface area (Å²) < 4.78 is 0.999. The monoisotopic (exact) mass is 267 g/mol. The number of aliphatic imine (C=N–C) groups is 1. The fourth-order valence-electron chi connectivity index (χ4n) is 1.68. The lowest BCUT2D eigenvalue weighted by Gasteiger charge is -2.10. The average Bonchev–Trinajstić information content (AvgIpc) is 2.72. The third-order valence-corrected chi connectivity index (χ3v) is 3.68. The minimum atomic E-state index is 0.789. The van der Waals surface area contributed by atoms with Crippen LogP contribution >= 0.6 is 15.9 Å². The van der Waals surface area contributed by atoms with E-state index in [0.717, 1.165) is 35.5 Å². The Hall–Kier alpha value is -1.03. The Kier molecular flexibility index (Phi) is 2.95. The standard InChI is InChI=1S/C11H14BrN3/c1-7-8(2-3-9(13)11(7)12)6-10-14-4-5-15-10/h2-3H,4-6,13H2,1H3,(H,14,15). The minimum Gasteiger partial charge on any atom is -0.398 e. The molecule has 0 fully saturated rings. The number of nitrogen functional groups attached to an aromatic ring is 1. The number of hydrogen-bond acceptors (Lipinski definition) is 3. The molecule has 80 valence electrons.